The SMILES string of the molecule is CCCCn1c([C@@H](C)NC(=O)Cc2ccccc2)nc2ccccc21. The Morgan fingerprint density at radius 2 is 1.84 bits per heavy atom. The van der Waals surface area contributed by atoms with Gasteiger partial charge in [0.1, 0.15) is 5.82 Å². The van der Waals surface area contributed by atoms with Gasteiger partial charge in [-0.05, 0) is 31.0 Å². The second-order valence-electron chi connectivity index (χ2n) is 6.42. The molecule has 0 aliphatic carbocycles. The summed E-state index contributed by atoms with van der Waals surface area (Å²) in [5, 5.41) is 3.10. The van der Waals surface area contributed by atoms with Gasteiger partial charge in [0.25, 0.3) is 0 Å². The molecule has 0 saturated carbocycles. The molecule has 0 aliphatic rings. The average Bonchev–Trinajstić information content (AvgIpc) is 2.99. The molecule has 2 aromatic carbocycles. The zero-order valence-corrected chi connectivity index (χ0v) is 14.9. The van der Waals surface area contributed by atoms with E-state index < -0.39 is 0 Å². The third-order valence-electron chi connectivity index (χ3n) is 4.39. The summed E-state index contributed by atoms with van der Waals surface area (Å²) in [6.07, 6.45) is 2.61. The number of hydrogen-bond donors (Lipinski definition) is 1. The van der Waals surface area contributed by atoms with Crippen LogP contribution < -0.4 is 5.32 Å². The van der Waals surface area contributed by atoms with Crippen molar-refractivity contribution in [3.8, 4) is 0 Å². The fourth-order valence-corrected chi connectivity index (χ4v) is 3.11. The Hall–Kier alpha value is -2.62. The Morgan fingerprint density at radius 3 is 2.60 bits per heavy atom. The van der Waals surface area contributed by atoms with Gasteiger partial charge in [-0.1, -0.05) is 55.8 Å². The molecular weight excluding hydrogens is 310 g/mol. The Bertz CT molecular complexity index is 839. The molecule has 3 aromatic rings. The van der Waals surface area contributed by atoms with Crippen molar-refractivity contribution in [2.24, 2.45) is 0 Å². The van der Waals surface area contributed by atoms with E-state index in [1.807, 2.05) is 55.5 Å². The minimum absolute atomic E-state index is 0.0211. The van der Waals surface area contributed by atoms with Crippen molar-refractivity contribution < 1.29 is 4.79 Å². The summed E-state index contributed by atoms with van der Waals surface area (Å²) >= 11 is 0. The minimum Gasteiger partial charge on any atom is -0.346 e. The van der Waals surface area contributed by atoms with Crippen LogP contribution in [0.5, 0.6) is 0 Å². The van der Waals surface area contributed by atoms with Crippen LogP contribution in [0.3, 0.4) is 0 Å². The minimum atomic E-state index is -0.125. The van der Waals surface area contributed by atoms with Gasteiger partial charge in [-0.25, -0.2) is 4.98 Å². The van der Waals surface area contributed by atoms with Gasteiger partial charge in [-0.3, -0.25) is 4.79 Å². The number of unbranched alkanes of at least 4 members (excludes halogenated alkanes) is 1. The van der Waals surface area contributed by atoms with Crippen LogP contribution in [0.4, 0.5) is 0 Å². The number of aromatic nitrogens is 2. The number of nitrogens with one attached hydrogen (secondary N) is 1. The average molecular weight is 335 g/mol. The number of nitrogens with zero attached hydrogens (tertiary/aromatic N) is 2. The summed E-state index contributed by atoms with van der Waals surface area (Å²) in [5.41, 5.74) is 3.14. The second kappa shape index (κ2) is 7.97. The molecule has 0 radical (unpaired) electrons. The van der Waals surface area contributed by atoms with E-state index in [-0.39, 0.29) is 11.9 Å². The lowest BCUT2D eigenvalue weighted by Crippen LogP contribution is -2.30. The van der Waals surface area contributed by atoms with E-state index in [0.29, 0.717) is 6.42 Å². The third-order valence-corrected chi connectivity index (χ3v) is 4.39. The van der Waals surface area contributed by atoms with Gasteiger partial charge in [-0.15, -0.1) is 0 Å². The molecule has 4 heteroatoms. The first-order valence-corrected chi connectivity index (χ1v) is 8.97. The number of fused-ring (bicyclic) bond motifs is 1. The lowest BCUT2D eigenvalue weighted by atomic mass is 10.1. The number of benzene rings is 2. The number of hydrogen-bond acceptors (Lipinski definition) is 2. The Morgan fingerprint density at radius 1 is 1.12 bits per heavy atom. The number of amides is 1. The Balaban J connectivity index is 1.78. The molecule has 0 fully saturated rings. The van der Waals surface area contributed by atoms with Crippen molar-refractivity contribution in [1.29, 1.82) is 0 Å². The molecule has 3 rings (SSSR count). The molecule has 130 valence electrons. The number of aryl methyl sites for hydroxylation is 1. The molecule has 1 atom stereocenters. The summed E-state index contributed by atoms with van der Waals surface area (Å²) in [6, 6.07) is 17.9. The topological polar surface area (TPSA) is 46.9 Å². The first-order valence-electron chi connectivity index (χ1n) is 8.97. The van der Waals surface area contributed by atoms with E-state index in [1.165, 1.54) is 0 Å². The predicted octanol–water partition coefficient (Wildman–Crippen LogP) is 4.26. The molecular formula is C21H25N3O. The number of carbonyl (C=O) groups excluding carboxylic acids is 1. The van der Waals surface area contributed by atoms with Gasteiger partial charge >= 0.3 is 0 Å². The van der Waals surface area contributed by atoms with E-state index in [2.05, 4.69) is 22.9 Å². The molecule has 4 nitrogen and oxygen atoms in total. The fourth-order valence-electron chi connectivity index (χ4n) is 3.11. The quantitative estimate of drug-likeness (QED) is 0.701. The van der Waals surface area contributed by atoms with E-state index in [1.54, 1.807) is 0 Å². The number of imidazole rings is 1. The van der Waals surface area contributed by atoms with Crippen LogP contribution in [0.25, 0.3) is 11.0 Å². The smallest absolute Gasteiger partial charge is 0.224 e. The summed E-state index contributed by atoms with van der Waals surface area (Å²) in [7, 11) is 0. The Labute approximate surface area is 148 Å². The van der Waals surface area contributed by atoms with Gasteiger partial charge in [0.2, 0.25) is 5.91 Å². The van der Waals surface area contributed by atoms with Crippen LogP contribution >= 0.6 is 0 Å². The van der Waals surface area contributed by atoms with Crippen LogP contribution in [0, 0.1) is 0 Å². The van der Waals surface area contributed by atoms with Crippen molar-refractivity contribution >= 4 is 16.9 Å². The first kappa shape index (κ1) is 17.2. The molecule has 1 N–H and O–H groups in total. The summed E-state index contributed by atoms with van der Waals surface area (Å²) in [5.74, 6) is 0.948. The third kappa shape index (κ3) is 4.08. The standard InChI is InChI=1S/C21H25N3O/c1-3-4-14-24-19-13-9-8-12-18(19)23-21(24)16(2)22-20(25)15-17-10-6-5-7-11-17/h5-13,16H,3-4,14-15H2,1-2H3,(H,22,25)/t16-/m1/s1. The van der Waals surface area contributed by atoms with E-state index in [9.17, 15) is 4.79 Å². The lowest BCUT2D eigenvalue weighted by molar-refractivity contribution is -0.121. The predicted molar refractivity (Wildman–Crippen MR) is 101 cm³/mol. The molecule has 25 heavy (non-hydrogen) atoms. The molecule has 1 aromatic heterocycles. The zero-order valence-electron chi connectivity index (χ0n) is 14.9. The van der Waals surface area contributed by atoms with E-state index in [4.69, 9.17) is 4.98 Å². The van der Waals surface area contributed by atoms with Gasteiger partial charge in [0, 0.05) is 6.54 Å². The highest BCUT2D eigenvalue weighted by atomic mass is 16.1. The summed E-state index contributed by atoms with van der Waals surface area (Å²) < 4.78 is 2.24. The van der Waals surface area contributed by atoms with Crippen LogP contribution in [0.2, 0.25) is 0 Å². The van der Waals surface area contributed by atoms with Crippen molar-refractivity contribution in [2.75, 3.05) is 0 Å². The van der Waals surface area contributed by atoms with E-state index in [0.717, 1.165) is 41.8 Å². The molecule has 0 bridgehead atoms. The molecule has 0 saturated heterocycles. The van der Waals surface area contributed by atoms with Crippen molar-refractivity contribution in [1.82, 2.24) is 14.9 Å². The van der Waals surface area contributed by atoms with Crippen LogP contribution in [0.1, 0.15) is 44.1 Å². The summed E-state index contributed by atoms with van der Waals surface area (Å²) in [4.78, 5) is 17.2. The van der Waals surface area contributed by atoms with Crippen molar-refractivity contribution in [3.63, 3.8) is 0 Å². The highest BCUT2D eigenvalue weighted by Gasteiger charge is 2.18. The number of rotatable bonds is 7. The zero-order chi connectivity index (χ0) is 17.6. The molecule has 0 unspecified atom stereocenters. The van der Waals surface area contributed by atoms with Crippen LogP contribution in [0.15, 0.2) is 54.6 Å². The van der Waals surface area contributed by atoms with Crippen LogP contribution in [-0.4, -0.2) is 15.5 Å². The largest absolute Gasteiger partial charge is 0.346 e. The maximum atomic E-state index is 12.4. The highest BCUT2D eigenvalue weighted by Crippen LogP contribution is 2.21. The van der Waals surface area contributed by atoms with Gasteiger partial charge in [-0.2, -0.15) is 0 Å². The molecule has 1 amide bonds. The molecule has 0 aliphatic heterocycles. The van der Waals surface area contributed by atoms with Gasteiger partial charge < -0.3 is 9.88 Å². The normalized spacial score (nSPS) is 12.2. The second-order valence-corrected chi connectivity index (χ2v) is 6.42. The fraction of sp³-hybridized carbons (Fsp3) is 0.333. The highest BCUT2D eigenvalue weighted by molar-refractivity contribution is 5.79. The first-order chi connectivity index (χ1) is 12.2. The van der Waals surface area contributed by atoms with Gasteiger partial charge in [0.05, 0.1) is 23.5 Å². The summed E-state index contributed by atoms with van der Waals surface area (Å²) in [6.45, 7) is 5.11. The lowest BCUT2D eigenvalue weighted by Gasteiger charge is -2.16. The maximum Gasteiger partial charge on any atom is 0.224 e. The van der Waals surface area contributed by atoms with Crippen molar-refractivity contribution in [3.05, 3.63) is 66.0 Å². The van der Waals surface area contributed by atoms with Gasteiger partial charge in [0.15, 0.2) is 0 Å². The monoisotopic (exact) mass is 335 g/mol. The molecule has 0 spiro atoms. The van der Waals surface area contributed by atoms with Crippen LogP contribution in [-0.2, 0) is 17.8 Å². The van der Waals surface area contributed by atoms with Crippen molar-refractivity contribution in [2.45, 2.75) is 45.7 Å². The maximum absolute atomic E-state index is 12.4. The number of carbonyl (C=O) groups is 1. The Kier molecular flexibility index (Phi) is 5.49. The van der Waals surface area contributed by atoms with E-state index >= 15 is 0 Å². The molecule has 1 heterocycles. The number of para-hydroxylation sites is 2.